The molecule has 3 N–H and O–H groups in total. The highest BCUT2D eigenvalue weighted by molar-refractivity contribution is 5.94. The molecule has 3 heteroatoms. The van der Waals surface area contributed by atoms with Gasteiger partial charge in [0.05, 0.1) is 6.04 Å². The van der Waals surface area contributed by atoms with E-state index in [2.05, 4.69) is 39.1 Å². The van der Waals surface area contributed by atoms with Crippen molar-refractivity contribution in [2.75, 3.05) is 5.32 Å². The van der Waals surface area contributed by atoms with E-state index in [9.17, 15) is 4.79 Å². The molecule has 0 fully saturated rings. The van der Waals surface area contributed by atoms with Crippen LogP contribution in [0, 0.1) is 5.92 Å². The molecular formula is C15H24N2O. The highest BCUT2D eigenvalue weighted by Crippen LogP contribution is 2.18. The fraction of sp³-hybridized carbons (Fsp3) is 0.533. The number of nitrogens with two attached hydrogens (primary N) is 1. The molecule has 0 bridgehead atoms. The maximum atomic E-state index is 11.9. The third-order valence-corrected chi connectivity index (χ3v) is 2.88. The van der Waals surface area contributed by atoms with Crippen molar-refractivity contribution >= 4 is 11.6 Å². The van der Waals surface area contributed by atoms with Crippen molar-refractivity contribution in [2.24, 2.45) is 11.7 Å². The van der Waals surface area contributed by atoms with Crippen molar-refractivity contribution < 1.29 is 4.79 Å². The first-order valence-electron chi connectivity index (χ1n) is 6.56. The second kappa shape index (κ2) is 6.55. The lowest BCUT2D eigenvalue weighted by atomic mass is 10.0. The van der Waals surface area contributed by atoms with Crippen LogP contribution in [0.5, 0.6) is 0 Å². The Morgan fingerprint density at radius 3 is 2.50 bits per heavy atom. The van der Waals surface area contributed by atoms with E-state index in [-0.39, 0.29) is 5.91 Å². The fourth-order valence-corrected chi connectivity index (χ4v) is 1.83. The van der Waals surface area contributed by atoms with Gasteiger partial charge in [-0.3, -0.25) is 4.79 Å². The van der Waals surface area contributed by atoms with Crippen LogP contribution >= 0.6 is 0 Å². The molecular weight excluding hydrogens is 224 g/mol. The normalized spacial score (nSPS) is 12.8. The topological polar surface area (TPSA) is 55.1 Å². The molecule has 3 nitrogen and oxygen atoms in total. The Hall–Kier alpha value is -1.35. The standard InChI is InChI=1S/C15H24N2O/c1-10(2)8-14(16)15(18)17-13-7-5-6-12(9-13)11(3)4/h5-7,9-11,14H,8,16H2,1-4H3,(H,17,18). The molecule has 1 unspecified atom stereocenters. The minimum atomic E-state index is -0.437. The summed E-state index contributed by atoms with van der Waals surface area (Å²) in [6, 6.07) is 7.48. The zero-order chi connectivity index (χ0) is 13.7. The molecule has 100 valence electrons. The second-order valence-electron chi connectivity index (χ2n) is 5.51. The molecule has 18 heavy (non-hydrogen) atoms. The van der Waals surface area contributed by atoms with Crippen LogP contribution in [0.25, 0.3) is 0 Å². The summed E-state index contributed by atoms with van der Waals surface area (Å²) in [6.45, 7) is 8.38. The van der Waals surface area contributed by atoms with Crippen molar-refractivity contribution in [1.29, 1.82) is 0 Å². The van der Waals surface area contributed by atoms with Gasteiger partial charge in [-0.05, 0) is 36.0 Å². The number of hydrogen-bond donors (Lipinski definition) is 2. The molecule has 0 spiro atoms. The number of nitrogens with one attached hydrogen (secondary N) is 1. The molecule has 0 saturated heterocycles. The molecule has 0 heterocycles. The average Bonchev–Trinajstić information content (AvgIpc) is 2.28. The van der Waals surface area contributed by atoms with Gasteiger partial charge >= 0.3 is 0 Å². The monoisotopic (exact) mass is 248 g/mol. The number of carbonyl (C=O) groups is 1. The van der Waals surface area contributed by atoms with Crippen molar-refractivity contribution in [3.63, 3.8) is 0 Å². The Bertz CT molecular complexity index is 399. The smallest absolute Gasteiger partial charge is 0.241 e. The first kappa shape index (κ1) is 14.7. The van der Waals surface area contributed by atoms with E-state index in [4.69, 9.17) is 5.73 Å². The second-order valence-corrected chi connectivity index (χ2v) is 5.51. The molecule has 0 aliphatic rings. The molecule has 1 rings (SSSR count). The molecule has 0 saturated carbocycles. The molecule has 1 aromatic rings. The summed E-state index contributed by atoms with van der Waals surface area (Å²) in [5.41, 5.74) is 7.89. The number of benzene rings is 1. The minimum Gasteiger partial charge on any atom is -0.325 e. The molecule has 0 aliphatic heterocycles. The van der Waals surface area contributed by atoms with Gasteiger partial charge in [0, 0.05) is 5.69 Å². The van der Waals surface area contributed by atoms with Gasteiger partial charge in [-0.1, -0.05) is 39.8 Å². The van der Waals surface area contributed by atoms with Crippen LogP contribution in [0.2, 0.25) is 0 Å². The molecule has 1 amide bonds. The van der Waals surface area contributed by atoms with Crippen molar-refractivity contribution in [2.45, 2.75) is 46.1 Å². The largest absolute Gasteiger partial charge is 0.325 e. The Morgan fingerprint density at radius 2 is 1.94 bits per heavy atom. The Balaban J connectivity index is 2.67. The van der Waals surface area contributed by atoms with Gasteiger partial charge < -0.3 is 11.1 Å². The highest BCUT2D eigenvalue weighted by Gasteiger charge is 2.15. The van der Waals surface area contributed by atoms with Crippen LogP contribution in [0.4, 0.5) is 5.69 Å². The average molecular weight is 248 g/mol. The highest BCUT2D eigenvalue weighted by atomic mass is 16.2. The van der Waals surface area contributed by atoms with Gasteiger partial charge in [-0.15, -0.1) is 0 Å². The van der Waals surface area contributed by atoms with E-state index in [0.29, 0.717) is 18.3 Å². The van der Waals surface area contributed by atoms with Gasteiger partial charge in [0.1, 0.15) is 0 Å². The van der Waals surface area contributed by atoms with Gasteiger partial charge in [-0.25, -0.2) is 0 Å². The van der Waals surface area contributed by atoms with Crippen LogP contribution in [0.3, 0.4) is 0 Å². The van der Waals surface area contributed by atoms with Crippen LogP contribution in [-0.4, -0.2) is 11.9 Å². The minimum absolute atomic E-state index is 0.107. The van der Waals surface area contributed by atoms with E-state index in [1.54, 1.807) is 0 Å². The third-order valence-electron chi connectivity index (χ3n) is 2.88. The number of amides is 1. The third kappa shape index (κ3) is 4.49. The van der Waals surface area contributed by atoms with E-state index >= 15 is 0 Å². The maximum absolute atomic E-state index is 11.9. The molecule has 0 aliphatic carbocycles. The number of rotatable bonds is 5. The quantitative estimate of drug-likeness (QED) is 0.841. The maximum Gasteiger partial charge on any atom is 0.241 e. The van der Waals surface area contributed by atoms with Crippen LogP contribution in [-0.2, 0) is 4.79 Å². The zero-order valence-electron chi connectivity index (χ0n) is 11.7. The van der Waals surface area contributed by atoms with Crippen LogP contribution < -0.4 is 11.1 Å². The summed E-state index contributed by atoms with van der Waals surface area (Å²) in [7, 11) is 0. The van der Waals surface area contributed by atoms with Crippen molar-refractivity contribution in [1.82, 2.24) is 0 Å². The first-order chi connectivity index (χ1) is 8.40. The van der Waals surface area contributed by atoms with Crippen molar-refractivity contribution in [3.05, 3.63) is 29.8 Å². The summed E-state index contributed by atoms with van der Waals surface area (Å²) < 4.78 is 0. The summed E-state index contributed by atoms with van der Waals surface area (Å²) in [5, 5.41) is 2.88. The van der Waals surface area contributed by atoms with Crippen LogP contribution in [0.15, 0.2) is 24.3 Å². The Labute approximate surface area is 110 Å². The Morgan fingerprint density at radius 1 is 1.28 bits per heavy atom. The Kier molecular flexibility index (Phi) is 5.35. The SMILES string of the molecule is CC(C)CC(N)C(=O)Nc1cccc(C(C)C)c1. The summed E-state index contributed by atoms with van der Waals surface area (Å²) >= 11 is 0. The van der Waals surface area contributed by atoms with E-state index in [0.717, 1.165) is 5.69 Å². The lowest BCUT2D eigenvalue weighted by Gasteiger charge is -2.15. The number of carbonyl (C=O) groups excluding carboxylic acids is 1. The molecule has 1 atom stereocenters. The van der Waals surface area contributed by atoms with E-state index in [1.807, 2.05) is 18.2 Å². The summed E-state index contributed by atoms with van der Waals surface area (Å²) in [6.07, 6.45) is 0.704. The van der Waals surface area contributed by atoms with E-state index < -0.39 is 6.04 Å². The lowest BCUT2D eigenvalue weighted by Crippen LogP contribution is -2.36. The van der Waals surface area contributed by atoms with Gasteiger partial charge in [0.25, 0.3) is 0 Å². The fourth-order valence-electron chi connectivity index (χ4n) is 1.83. The zero-order valence-corrected chi connectivity index (χ0v) is 11.7. The predicted octanol–water partition coefficient (Wildman–Crippen LogP) is 3.12. The number of hydrogen-bond acceptors (Lipinski definition) is 2. The van der Waals surface area contributed by atoms with E-state index in [1.165, 1.54) is 5.56 Å². The van der Waals surface area contributed by atoms with Gasteiger partial charge in [0.15, 0.2) is 0 Å². The summed E-state index contributed by atoms with van der Waals surface area (Å²) in [5.74, 6) is 0.767. The predicted molar refractivity (Wildman–Crippen MR) is 76.6 cm³/mol. The molecule has 1 aromatic carbocycles. The molecule has 0 aromatic heterocycles. The van der Waals surface area contributed by atoms with Gasteiger partial charge in [0.2, 0.25) is 5.91 Å². The van der Waals surface area contributed by atoms with Crippen LogP contribution in [0.1, 0.15) is 45.6 Å². The van der Waals surface area contributed by atoms with Crippen molar-refractivity contribution in [3.8, 4) is 0 Å². The first-order valence-corrected chi connectivity index (χ1v) is 6.56. The lowest BCUT2D eigenvalue weighted by molar-refractivity contribution is -0.117. The number of anilines is 1. The summed E-state index contributed by atoms with van der Waals surface area (Å²) in [4.78, 5) is 11.9. The molecule has 0 radical (unpaired) electrons. The van der Waals surface area contributed by atoms with Gasteiger partial charge in [-0.2, -0.15) is 0 Å².